The number of nitriles is 1. The Bertz CT molecular complexity index is 1540. The SMILES string of the molecule is COc1cc(C(=O)N2CCCC(N)C2)cc2nc(-c3cc4cc(C#N)cnc4n3CC3CC3)n(C)c12. The average Bonchev–Trinajstić information content (AvgIpc) is 3.56. The van der Waals surface area contributed by atoms with Gasteiger partial charge >= 0.3 is 0 Å². The van der Waals surface area contributed by atoms with Gasteiger partial charge in [0.15, 0.2) is 5.82 Å². The lowest BCUT2D eigenvalue weighted by Gasteiger charge is -2.30. The van der Waals surface area contributed by atoms with Gasteiger partial charge in [-0.05, 0) is 55.9 Å². The summed E-state index contributed by atoms with van der Waals surface area (Å²) in [7, 11) is 3.58. The zero-order chi connectivity index (χ0) is 25.0. The monoisotopic (exact) mass is 483 g/mol. The van der Waals surface area contributed by atoms with Crippen LogP contribution in [0.4, 0.5) is 0 Å². The predicted molar refractivity (Wildman–Crippen MR) is 137 cm³/mol. The first-order valence-corrected chi connectivity index (χ1v) is 12.5. The first-order valence-electron chi connectivity index (χ1n) is 12.5. The van der Waals surface area contributed by atoms with Crippen molar-refractivity contribution in [3.05, 3.63) is 41.6 Å². The fraction of sp³-hybridized carbons (Fsp3) is 0.407. The third-order valence-corrected chi connectivity index (χ3v) is 7.38. The Labute approximate surface area is 209 Å². The van der Waals surface area contributed by atoms with Crippen molar-refractivity contribution in [1.29, 1.82) is 5.26 Å². The number of aryl methyl sites for hydroxylation is 1. The van der Waals surface area contributed by atoms with E-state index in [0.717, 1.165) is 47.5 Å². The fourth-order valence-corrected chi connectivity index (χ4v) is 5.33. The number of piperidine rings is 1. The summed E-state index contributed by atoms with van der Waals surface area (Å²) in [6.07, 6.45) is 5.88. The molecule has 9 nitrogen and oxygen atoms in total. The van der Waals surface area contributed by atoms with E-state index >= 15 is 0 Å². The number of methoxy groups -OCH3 is 1. The zero-order valence-electron chi connectivity index (χ0n) is 20.6. The molecule has 6 rings (SSSR count). The van der Waals surface area contributed by atoms with Crippen molar-refractivity contribution in [2.24, 2.45) is 18.7 Å². The first kappa shape index (κ1) is 22.6. The lowest BCUT2D eigenvalue weighted by Crippen LogP contribution is -2.45. The van der Waals surface area contributed by atoms with Gasteiger partial charge in [0, 0.05) is 49.9 Å². The maximum atomic E-state index is 13.3. The van der Waals surface area contributed by atoms with Crippen LogP contribution < -0.4 is 10.5 Å². The summed E-state index contributed by atoms with van der Waals surface area (Å²) in [5, 5.41) is 10.3. The second-order valence-electron chi connectivity index (χ2n) is 10.0. The minimum Gasteiger partial charge on any atom is -0.494 e. The van der Waals surface area contributed by atoms with Gasteiger partial charge in [0.05, 0.1) is 23.9 Å². The standard InChI is InChI=1S/C27H29N7O2/c1-32-24-21(9-19(11-23(24)36-2)27(35)33-7-3-4-20(29)15-33)31-26(32)22-10-18-8-17(12-28)13-30-25(18)34(22)14-16-5-6-16/h8-11,13,16,20H,3-7,14-15,29H2,1-2H3. The summed E-state index contributed by atoms with van der Waals surface area (Å²) < 4.78 is 9.97. The van der Waals surface area contributed by atoms with E-state index in [1.54, 1.807) is 19.4 Å². The molecular formula is C27H29N7O2. The molecule has 0 radical (unpaired) electrons. The molecule has 1 unspecified atom stereocenters. The van der Waals surface area contributed by atoms with Crippen LogP contribution in [0.2, 0.25) is 0 Å². The van der Waals surface area contributed by atoms with Crippen LogP contribution in [0.15, 0.2) is 30.5 Å². The van der Waals surface area contributed by atoms with E-state index in [4.69, 9.17) is 15.5 Å². The molecule has 3 aromatic heterocycles. The topological polar surface area (TPSA) is 115 Å². The highest BCUT2D eigenvalue weighted by Gasteiger charge is 2.28. The maximum Gasteiger partial charge on any atom is 0.254 e. The van der Waals surface area contributed by atoms with E-state index in [1.807, 2.05) is 28.6 Å². The molecule has 1 saturated carbocycles. The third-order valence-electron chi connectivity index (χ3n) is 7.38. The molecule has 1 saturated heterocycles. The number of carbonyl (C=O) groups is 1. The molecule has 1 atom stereocenters. The number of aromatic nitrogens is 4. The molecule has 1 amide bonds. The predicted octanol–water partition coefficient (Wildman–Crippen LogP) is 3.44. The Morgan fingerprint density at radius 1 is 1.25 bits per heavy atom. The normalized spacial score (nSPS) is 18.1. The van der Waals surface area contributed by atoms with Gasteiger partial charge in [0.2, 0.25) is 0 Å². The lowest BCUT2D eigenvalue weighted by molar-refractivity contribution is 0.0708. The highest BCUT2D eigenvalue weighted by Crippen LogP contribution is 2.37. The number of pyridine rings is 1. The molecule has 2 fully saturated rings. The van der Waals surface area contributed by atoms with E-state index in [2.05, 4.69) is 21.7 Å². The average molecular weight is 484 g/mol. The van der Waals surface area contributed by atoms with Crippen molar-refractivity contribution in [2.45, 2.75) is 38.3 Å². The number of likely N-dealkylation sites (tertiary alicyclic amines) is 1. The largest absolute Gasteiger partial charge is 0.494 e. The van der Waals surface area contributed by atoms with Crippen LogP contribution in [0.1, 0.15) is 41.6 Å². The van der Waals surface area contributed by atoms with Crippen LogP contribution in [-0.2, 0) is 13.6 Å². The van der Waals surface area contributed by atoms with Crippen molar-refractivity contribution in [2.75, 3.05) is 20.2 Å². The van der Waals surface area contributed by atoms with Gasteiger partial charge in [-0.15, -0.1) is 0 Å². The van der Waals surface area contributed by atoms with Gasteiger partial charge in [0.1, 0.15) is 23.0 Å². The van der Waals surface area contributed by atoms with E-state index in [0.29, 0.717) is 41.4 Å². The molecular weight excluding hydrogens is 454 g/mol. The second-order valence-corrected chi connectivity index (χ2v) is 10.0. The van der Waals surface area contributed by atoms with Crippen LogP contribution in [0.3, 0.4) is 0 Å². The van der Waals surface area contributed by atoms with Gasteiger partial charge in [0.25, 0.3) is 5.91 Å². The van der Waals surface area contributed by atoms with Crippen molar-refractivity contribution in [1.82, 2.24) is 24.0 Å². The van der Waals surface area contributed by atoms with Crippen molar-refractivity contribution < 1.29 is 9.53 Å². The van der Waals surface area contributed by atoms with Crippen molar-refractivity contribution >= 4 is 28.0 Å². The number of nitrogens with two attached hydrogens (primary N) is 1. The van der Waals surface area contributed by atoms with E-state index in [9.17, 15) is 10.1 Å². The number of rotatable bonds is 5. The summed E-state index contributed by atoms with van der Waals surface area (Å²) in [5.74, 6) is 1.95. The number of ether oxygens (including phenoxy) is 1. The molecule has 1 aliphatic carbocycles. The lowest BCUT2D eigenvalue weighted by atomic mass is 10.0. The molecule has 1 aliphatic heterocycles. The third kappa shape index (κ3) is 3.78. The minimum absolute atomic E-state index is 0.0123. The van der Waals surface area contributed by atoms with E-state index < -0.39 is 0 Å². The Morgan fingerprint density at radius 2 is 2.08 bits per heavy atom. The Kier molecular flexibility index (Phi) is 5.41. The molecule has 0 spiro atoms. The number of fused-ring (bicyclic) bond motifs is 2. The van der Waals surface area contributed by atoms with Gasteiger partial charge in [-0.2, -0.15) is 5.26 Å². The van der Waals surface area contributed by atoms with Crippen LogP contribution in [0, 0.1) is 17.2 Å². The number of hydrogen-bond donors (Lipinski definition) is 1. The quantitative estimate of drug-likeness (QED) is 0.465. The zero-order valence-corrected chi connectivity index (χ0v) is 20.6. The van der Waals surface area contributed by atoms with E-state index in [1.165, 1.54) is 12.8 Å². The van der Waals surface area contributed by atoms with Gasteiger partial charge in [-0.3, -0.25) is 4.79 Å². The van der Waals surface area contributed by atoms with Crippen molar-refractivity contribution in [3.63, 3.8) is 0 Å². The van der Waals surface area contributed by atoms with Crippen LogP contribution in [0.5, 0.6) is 5.75 Å². The smallest absolute Gasteiger partial charge is 0.254 e. The second kappa shape index (κ2) is 8.64. The van der Waals surface area contributed by atoms with Crippen LogP contribution >= 0.6 is 0 Å². The summed E-state index contributed by atoms with van der Waals surface area (Å²) in [6, 6.07) is 9.78. The summed E-state index contributed by atoms with van der Waals surface area (Å²) in [6.45, 7) is 2.13. The molecule has 0 bridgehead atoms. The molecule has 2 N–H and O–H groups in total. The van der Waals surface area contributed by atoms with Gasteiger partial charge < -0.3 is 24.5 Å². The van der Waals surface area contributed by atoms with Crippen molar-refractivity contribution in [3.8, 4) is 23.3 Å². The minimum atomic E-state index is -0.0476. The Balaban J connectivity index is 1.48. The molecule has 4 aromatic rings. The van der Waals surface area contributed by atoms with Crippen LogP contribution in [-0.4, -0.2) is 56.2 Å². The maximum absolute atomic E-state index is 13.3. The highest BCUT2D eigenvalue weighted by molar-refractivity contribution is 6.00. The molecule has 36 heavy (non-hydrogen) atoms. The molecule has 4 heterocycles. The Morgan fingerprint density at radius 3 is 2.81 bits per heavy atom. The van der Waals surface area contributed by atoms with E-state index in [-0.39, 0.29) is 11.9 Å². The Hall–Kier alpha value is -3.90. The fourth-order valence-electron chi connectivity index (χ4n) is 5.33. The summed E-state index contributed by atoms with van der Waals surface area (Å²) in [5.41, 5.74) is 10.5. The molecule has 2 aliphatic rings. The number of carbonyl (C=O) groups excluding carboxylic acids is 1. The number of imidazole rings is 1. The number of nitrogens with zero attached hydrogens (tertiary/aromatic N) is 6. The number of benzene rings is 1. The molecule has 184 valence electrons. The highest BCUT2D eigenvalue weighted by atomic mass is 16.5. The number of amides is 1. The van der Waals surface area contributed by atoms with Crippen LogP contribution in [0.25, 0.3) is 33.6 Å². The number of hydrogen-bond acceptors (Lipinski definition) is 6. The van der Waals surface area contributed by atoms with Gasteiger partial charge in [-0.25, -0.2) is 9.97 Å². The van der Waals surface area contributed by atoms with Gasteiger partial charge in [-0.1, -0.05) is 0 Å². The molecule has 9 heteroatoms. The molecule has 1 aromatic carbocycles. The summed E-state index contributed by atoms with van der Waals surface area (Å²) in [4.78, 5) is 24.7. The summed E-state index contributed by atoms with van der Waals surface area (Å²) >= 11 is 0. The first-order chi connectivity index (χ1) is 17.5.